The van der Waals surface area contributed by atoms with E-state index >= 15 is 0 Å². The van der Waals surface area contributed by atoms with Crippen LogP contribution in [0.5, 0.6) is 0 Å². The standard InChI is InChI=1S/C13H18N4/c1-11-2-3-13-15-8-12(17(13)9-11)10-16-6-4-14-5-7-16/h2-3,8-9,14H,4-7,10H2,1H3. The molecule has 1 aliphatic heterocycles. The molecular weight excluding hydrogens is 212 g/mol. The van der Waals surface area contributed by atoms with Gasteiger partial charge in [-0.3, -0.25) is 4.90 Å². The summed E-state index contributed by atoms with van der Waals surface area (Å²) in [5.74, 6) is 0. The maximum atomic E-state index is 4.45. The molecule has 0 atom stereocenters. The molecule has 0 unspecified atom stereocenters. The quantitative estimate of drug-likeness (QED) is 0.837. The summed E-state index contributed by atoms with van der Waals surface area (Å²) in [6.07, 6.45) is 4.16. The largest absolute Gasteiger partial charge is 0.314 e. The van der Waals surface area contributed by atoms with Crippen molar-refractivity contribution in [3.63, 3.8) is 0 Å². The predicted octanol–water partition coefficient (Wildman–Crippen LogP) is 1.05. The number of imidazole rings is 1. The molecule has 3 rings (SSSR count). The molecule has 0 saturated carbocycles. The Labute approximate surface area is 101 Å². The zero-order valence-electron chi connectivity index (χ0n) is 10.2. The molecule has 1 N–H and O–H groups in total. The molecule has 0 aromatic carbocycles. The molecular formula is C13H18N4. The molecule has 90 valence electrons. The Kier molecular flexibility index (Phi) is 2.82. The number of aryl methyl sites for hydroxylation is 1. The van der Waals surface area contributed by atoms with E-state index in [4.69, 9.17) is 0 Å². The maximum Gasteiger partial charge on any atom is 0.136 e. The molecule has 0 bridgehead atoms. The van der Waals surface area contributed by atoms with E-state index in [9.17, 15) is 0 Å². The zero-order chi connectivity index (χ0) is 11.7. The van der Waals surface area contributed by atoms with Gasteiger partial charge in [0.05, 0.1) is 11.9 Å². The lowest BCUT2D eigenvalue weighted by Crippen LogP contribution is -2.43. The second kappa shape index (κ2) is 4.47. The molecule has 2 aromatic rings. The van der Waals surface area contributed by atoms with Crippen molar-refractivity contribution in [3.8, 4) is 0 Å². The van der Waals surface area contributed by atoms with E-state index in [1.54, 1.807) is 0 Å². The van der Waals surface area contributed by atoms with Gasteiger partial charge in [-0.15, -0.1) is 0 Å². The molecule has 3 heterocycles. The van der Waals surface area contributed by atoms with E-state index in [2.05, 4.69) is 44.9 Å². The first-order valence-corrected chi connectivity index (χ1v) is 6.18. The lowest BCUT2D eigenvalue weighted by Gasteiger charge is -2.26. The van der Waals surface area contributed by atoms with E-state index in [1.807, 2.05) is 6.20 Å². The van der Waals surface area contributed by atoms with Crippen LogP contribution in [-0.4, -0.2) is 40.5 Å². The Balaban J connectivity index is 1.86. The molecule has 2 aromatic heterocycles. The van der Waals surface area contributed by atoms with E-state index in [0.29, 0.717) is 0 Å². The average molecular weight is 230 g/mol. The summed E-state index contributed by atoms with van der Waals surface area (Å²) in [5, 5.41) is 3.38. The SMILES string of the molecule is Cc1ccc2ncc(CN3CCNCC3)n2c1. The van der Waals surface area contributed by atoms with Gasteiger partial charge in [-0.05, 0) is 18.6 Å². The molecule has 1 saturated heterocycles. The highest BCUT2D eigenvalue weighted by atomic mass is 15.2. The Bertz CT molecular complexity index is 511. The minimum Gasteiger partial charge on any atom is -0.314 e. The topological polar surface area (TPSA) is 32.6 Å². The van der Waals surface area contributed by atoms with Gasteiger partial charge in [-0.25, -0.2) is 4.98 Å². The predicted molar refractivity (Wildman–Crippen MR) is 68.1 cm³/mol. The lowest BCUT2D eigenvalue weighted by atomic mass is 10.3. The van der Waals surface area contributed by atoms with E-state index < -0.39 is 0 Å². The monoisotopic (exact) mass is 230 g/mol. The maximum absolute atomic E-state index is 4.45. The van der Waals surface area contributed by atoms with E-state index in [-0.39, 0.29) is 0 Å². The van der Waals surface area contributed by atoms with Crippen molar-refractivity contribution in [2.45, 2.75) is 13.5 Å². The third-order valence-corrected chi connectivity index (χ3v) is 3.33. The van der Waals surface area contributed by atoms with Crippen LogP contribution in [0.3, 0.4) is 0 Å². The van der Waals surface area contributed by atoms with Gasteiger partial charge in [0.15, 0.2) is 0 Å². The fourth-order valence-electron chi connectivity index (χ4n) is 2.35. The van der Waals surface area contributed by atoms with Crippen LogP contribution in [0.4, 0.5) is 0 Å². The number of piperazine rings is 1. The van der Waals surface area contributed by atoms with Gasteiger partial charge in [0.25, 0.3) is 0 Å². The first kappa shape index (κ1) is 10.7. The van der Waals surface area contributed by atoms with Crippen LogP contribution in [0.15, 0.2) is 24.5 Å². The highest BCUT2D eigenvalue weighted by Gasteiger charge is 2.12. The Morgan fingerprint density at radius 3 is 2.94 bits per heavy atom. The smallest absolute Gasteiger partial charge is 0.136 e. The Morgan fingerprint density at radius 1 is 1.29 bits per heavy atom. The molecule has 1 fully saturated rings. The van der Waals surface area contributed by atoms with Gasteiger partial charge in [-0.2, -0.15) is 0 Å². The van der Waals surface area contributed by atoms with E-state index in [1.165, 1.54) is 11.3 Å². The average Bonchev–Trinajstić information content (AvgIpc) is 2.73. The number of nitrogens with one attached hydrogen (secondary N) is 1. The van der Waals surface area contributed by atoms with Gasteiger partial charge in [0, 0.05) is 38.9 Å². The molecule has 0 radical (unpaired) electrons. The first-order valence-electron chi connectivity index (χ1n) is 6.18. The summed E-state index contributed by atoms with van der Waals surface area (Å²) >= 11 is 0. The van der Waals surface area contributed by atoms with Crippen molar-refractivity contribution in [1.82, 2.24) is 19.6 Å². The van der Waals surface area contributed by atoms with Crippen LogP contribution in [-0.2, 0) is 6.54 Å². The summed E-state index contributed by atoms with van der Waals surface area (Å²) in [4.78, 5) is 6.92. The van der Waals surface area contributed by atoms with Gasteiger partial charge in [-0.1, -0.05) is 6.07 Å². The van der Waals surface area contributed by atoms with Crippen LogP contribution in [0, 0.1) is 6.92 Å². The number of hydrogen-bond acceptors (Lipinski definition) is 3. The third kappa shape index (κ3) is 2.18. The van der Waals surface area contributed by atoms with Gasteiger partial charge in [0.1, 0.15) is 5.65 Å². The van der Waals surface area contributed by atoms with Crippen LogP contribution in [0.25, 0.3) is 5.65 Å². The van der Waals surface area contributed by atoms with Gasteiger partial charge >= 0.3 is 0 Å². The molecule has 4 nitrogen and oxygen atoms in total. The molecule has 1 aliphatic rings. The Hall–Kier alpha value is -1.39. The summed E-state index contributed by atoms with van der Waals surface area (Å²) in [7, 11) is 0. The normalized spacial score (nSPS) is 17.7. The number of pyridine rings is 1. The molecule has 0 aliphatic carbocycles. The van der Waals surface area contributed by atoms with Gasteiger partial charge < -0.3 is 9.72 Å². The number of nitrogens with zero attached hydrogens (tertiary/aromatic N) is 3. The zero-order valence-corrected chi connectivity index (χ0v) is 10.2. The first-order chi connectivity index (χ1) is 8.33. The van der Waals surface area contributed by atoms with Crippen LogP contribution in [0.1, 0.15) is 11.3 Å². The van der Waals surface area contributed by atoms with Crippen LogP contribution in [0.2, 0.25) is 0 Å². The molecule has 0 amide bonds. The minimum atomic E-state index is 0.992. The second-order valence-electron chi connectivity index (χ2n) is 4.71. The second-order valence-corrected chi connectivity index (χ2v) is 4.71. The fourth-order valence-corrected chi connectivity index (χ4v) is 2.35. The van der Waals surface area contributed by atoms with Crippen molar-refractivity contribution in [3.05, 3.63) is 35.8 Å². The van der Waals surface area contributed by atoms with Crippen molar-refractivity contribution in [2.75, 3.05) is 26.2 Å². The molecule has 0 spiro atoms. The third-order valence-electron chi connectivity index (χ3n) is 3.33. The van der Waals surface area contributed by atoms with Crippen molar-refractivity contribution < 1.29 is 0 Å². The Morgan fingerprint density at radius 2 is 2.12 bits per heavy atom. The van der Waals surface area contributed by atoms with Crippen LogP contribution >= 0.6 is 0 Å². The molecule has 17 heavy (non-hydrogen) atoms. The number of rotatable bonds is 2. The summed E-state index contributed by atoms with van der Waals surface area (Å²) < 4.78 is 2.21. The summed E-state index contributed by atoms with van der Waals surface area (Å²) in [6.45, 7) is 7.55. The van der Waals surface area contributed by atoms with Gasteiger partial charge in [0.2, 0.25) is 0 Å². The summed E-state index contributed by atoms with van der Waals surface area (Å²) in [6, 6.07) is 4.19. The number of fused-ring (bicyclic) bond motifs is 1. The highest BCUT2D eigenvalue weighted by Crippen LogP contribution is 2.11. The summed E-state index contributed by atoms with van der Waals surface area (Å²) in [5.41, 5.74) is 3.60. The lowest BCUT2D eigenvalue weighted by molar-refractivity contribution is 0.230. The molecule has 4 heteroatoms. The van der Waals surface area contributed by atoms with Crippen molar-refractivity contribution in [2.24, 2.45) is 0 Å². The van der Waals surface area contributed by atoms with Crippen molar-refractivity contribution >= 4 is 5.65 Å². The van der Waals surface area contributed by atoms with E-state index in [0.717, 1.165) is 38.4 Å². The number of hydrogen-bond donors (Lipinski definition) is 1. The van der Waals surface area contributed by atoms with Crippen molar-refractivity contribution in [1.29, 1.82) is 0 Å². The van der Waals surface area contributed by atoms with Crippen LogP contribution < -0.4 is 5.32 Å². The number of aromatic nitrogens is 2. The fraction of sp³-hybridized carbons (Fsp3) is 0.462. The minimum absolute atomic E-state index is 0.992. The highest BCUT2D eigenvalue weighted by molar-refractivity contribution is 5.41.